The van der Waals surface area contributed by atoms with Gasteiger partial charge in [-0.15, -0.1) is 0 Å². The van der Waals surface area contributed by atoms with Gasteiger partial charge in [0.25, 0.3) is 5.91 Å². The fourth-order valence-corrected chi connectivity index (χ4v) is 3.04. The average molecular weight is 312 g/mol. The standard InChI is InChI=1S/C19H21FN2O/c1-15-13-22(19(23)17-8-5-9-18(20)12-17)11-10-21(15)14-16-6-3-2-4-7-16/h2-9,12,15H,10-11,13-14H2,1H3. The second kappa shape index (κ2) is 6.92. The quantitative estimate of drug-likeness (QED) is 0.869. The van der Waals surface area contributed by atoms with E-state index < -0.39 is 0 Å². The number of halogens is 1. The molecular formula is C19H21FN2O. The van der Waals surface area contributed by atoms with Crippen molar-refractivity contribution in [1.82, 2.24) is 9.80 Å². The molecule has 1 atom stereocenters. The van der Waals surface area contributed by atoms with Gasteiger partial charge in [-0.05, 0) is 30.7 Å². The molecule has 1 amide bonds. The summed E-state index contributed by atoms with van der Waals surface area (Å²) < 4.78 is 13.3. The predicted molar refractivity (Wildman–Crippen MR) is 88.6 cm³/mol. The molecule has 0 aliphatic carbocycles. The smallest absolute Gasteiger partial charge is 0.254 e. The van der Waals surface area contributed by atoms with Crippen LogP contribution in [0, 0.1) is 5.82 Å². The molecule has 120 valence electrons. The Labute approximate surface area is 136 Å². The largest absolute Gasteiger partial charge is 0.336 e. The van der Waals surface area contributed by atoms with E-state index in [2.05, 4.69) is 24.0 Å². The van der Waals surface area contributed by atoms with Crippen molar-refractivity contribution in [3.63, 3.8) is 0 Å². The van der Waals surface area contributed by atoms with Crippen LogP contribution in [0.25, 0.3) is 0 Å². The highest BCUT2D eigenvalue weighted by atomic mass is 19.1. The highest BCUT2D eigenvalue weighted by Crippen LogP contribution is 2.16. The molecule has 0 radical (unpaired) electrons. The highest BCUT2D eigenvalue weighted by Gasteiger charge is 2.27. The Kier molecular flexibility index (Phi) is 4.72. The average Bonchev–Trinajstić information content (AvgIpc) is 2.57. The van der Waals surface area contributed by atoms with E-state index in [1.54, 1.807) is 12.1 Å². The van der Waals surface area contributed by atoms with Crippen LogP contribution in [0.1, 0.15) is 22.8 Å². The first kappa shape index (κ1) is 15.7. The summed E-state index contributed by atoms with van der Waals surface area (Å²) in [6.07, 6.45) is 0. The SMILES string of the molecule is CC1CN(C(=O)c2cccc(F)c2)CCN1Cc1ccccc1. The maximum absolute atomic E-state index is 13.3. The molecule has 1 saturated heterocycles. The highest BCUT2D eigenvalue weighted by molar-refractivity contribution is 5.94. The minimum absolute atomic E-state index is 0.0873. The Hall–Kier alpha value is -2.20. The van der Waals surface area contributed by atoms with Crippen molar-refractivity contribution in [1.29, 1.82) is 0 Å². The van der Waals surface area contributed by atoms with Crippen LogP contribution in [0.15, 0.2) is 54.6 Å². The van der Waals surface area contributed by atoms with Crippen LogP contribution >= 0.6 is 0 Å². The molecule has 1 aliphatic heterocycles. The molecule has 4 heteroatoms. The topological polar surface area (TPSA) is 23.6 Å². The van der Waals surface area contributed by atoms with Crippen molar-refractivity contribution in [2.24, 2.45) is 0 Å². The minimum Gasteiger partial charge on any atom is -0.336 e. The first-order chi connectivity index (χ1) is 11.1. The Balaban J connectivity index is 1.63. The molecule has 2 aromatic rings. The van der Waals surface area contributed by atoms with E-state index in [1.165, 1.54) is 17.7 Å². The molecule has 1 aliphatic rings. The number of hydrogen-bond acceptors (Lipinski definition) is 2. The molecule has 2 aromatic carbocycles. The lowest BCUT2D eigenvalue weighted by atomic mass is 10.1. The third kappa shape index (κ3) is 3.77. The van der Waals surface area contributed by atoms with Gasteiger partial charge in [0, 0.05) is 37.8 Å². The van der Waals surface area contributed by atoms with Crippen molar-refractivity contribution in [3.8, 4) is 0 Å². The summed E-state index contributed by atoms with van der Waals surface area (Å²) in [5.74, 6) is -0.456. The van der Waals surface area contributed by atoms with Gasteiger partial charge in [0.15, 0.2) is 0 Å². The summed E-state index contributed by atoms with van der Waals surface area (Å²) in [5.41, 5.74) is 1.71. The maximum atomic E-state index is 13.3. The molecule has 23 heavy (non-hydrogen) atoms. The minimum atomic E-state index is -0.369. The van der Waals surface area contributed by atoms with Crippen LogP contribution in [0.2, 0.25) is 0 Å². The van der Waals surface area contributed by atoms with Crippen LogP contribution in [0.3, 0.4) is 0 Å². The van der Waals surface area contributed by atoms with E-state index in [0.29, 0.717) is 18.7 Å². The zero-order valence-corrected chi connectivity index (χ0v) is 13.3. The molecule has 0 aromatic heterocycles. The maximum Gasteiger partial charge on any atom is 0.254 e. The molecule has 0 saturated carbocycles. The zero-order chi connectivity index (χ0) is 16.2. The van der Waals surface area contributed by atoms with Gasteiger partial charge in [-0.25, -0.2) is 4.39 Å². The Morgan fingerprint density at radius 1 is 1.13 bits per heavy atom. The number of piperazine rings is 1. The fraction of sp³-hybridized carbons (Fsp3) is 0.316. The number of nitrogens with zero attached hydrogens (tertiary/aromatic N) is 2. The lowest BCUT2D eigenvalue weighted by molar-refractivity contribution is 0.0495. The summed E-state index contributed by atoms with van der Waals surface area (Å²) >= 11 is 0. The monoisotopic (exact) mass is 312 g/mol. The van der Waals surface area contributed by atoms with Crippen LogP contribution < -0.4 is 0 Å². The molecule has 3 nitrogen and oxygen atoms in total. The summed E-state index contributed by atoms with van der Waals surface area (Å²) in [6, 6.07) is 16.6. The van der Waals surface area contributed by atoms with Crippen molar-refractivity contribution in [2.45, 2.75) is 19.5 Å². The molecule has 1 fully saturated rings. The van der Waals surface area contributed by atoms with Gasteiger partial charge < -0.3 is 4.90 Å². The first-order valence-corrected chi connectivity index (χ1v) is 7.96. The van der Waals surface area contributed by atoms with E-state index in [0.717, 1.165) is 13.1 Å². The molecule has 1 unspecified atom stereocenters. The first-order valence-electron chi connectivity index (χ1n) is 7.96. The predicted octanol–water partition coefficient (Wildman–Crippen LogP) is 3.17. The Morgan fingerprint density at radius 3 is 2.61 bits per heavy atom. The van der Waals surface area contributed by atoms with E-state index in [1.807, 2.05) is 23.1 Å². The fourth-order valence-electron chi connectivity index (χ4n) is 3.04. The van der Waals surface area contributed by atoms with E-state index in [4.69, 9.17) is 0 Å². The number of rotatable bonds is 3. The zero-order valence-electron chi connectivity index (χ0n) is 13.3. The lowest BCUT2D eigenvalue weighted by Gasteiger charge is -2.40. The number of benzene rings is 2. The van der Waals surface area contributed by atoms with Crippen molar-refractivity contribution in [3.05, 3.63) is 71.5 Å². The third-order valence-electron chi connectivity index (χ3n) is 4.35. The van der Waals surface area contributed by atoms with Gasteiger partial charge in [-0.3, -0.25) is 9.69 Å². The second-order valence-corrected chi connectivity index (χ2v) is 6.07. The summed E-state index contributed by atoms with van der Waals surface area (Å²) in [5, 5.41) is 0. The third-order valence-corrected chi connectivity index (χ3v) is 4.35. The van der Waals surface area contributed by atoms with Crippen molar-refractivity contribution >= 4 is 5.91 Å². The molecule has 0 spiro atoms. The number of carbonyl (C=O) groups excluding carboxylic acids is 1. The van der Waals surface area contributed by atoms with Gasteiger partial charge in [0.05, 0.1) is 0 Å². The van der Waals surface area contributed by atoms with Gasteiger partial charge in [0.2, 0.25) is 0 Å². The van der Waals surface area contributed by atoms with Crippen molar-refractivity contribution in [2.75, 3.05) is 19.6 Å². The van der Waals surface area contributed by atoms with Gasteiger partial charge in [-0.2, -0.15) is 0 Å². The molecule has 3 rings (SSSR count). The van der Waals surface area contributed by atoms with E-state index >= 15 is 0 Å². The van der Waals surface area contributed by atoms with Crippen LogP contribution in [0.4, 0.5) is 4.39 Å². The summed E-state index contributed by atoms with van der Waals surface area (Å²) in [7, 11) is 0. The molecule has 0 N–H and O–H groups in total. The molecule has 1 heterocycles. The van der Waals surface area contributed by atoms with Crippen LogP contribution in [-0.4, -0.2) is 41.4 Å². The van der Waals surface area contributed by atoms with Crippen LogP contribution in [0.5, 0.6) is 0 Å². The second-order valence-electron chi connectivity index (χ2n) is 6.07. The molecular weight excluding hydrogens is 291 g/mol. The van der Waals surface area contributed by atoms with Gasteiger partial charge >= 0.3 is 0 Å². The molecule has 0 bridgehead atoms. The Morgan fingerprint density at radius 2 is 1.91 bits per heavy atom. The number of hydrogen-bond donors (Lipinski definition) is 0. The normalized spacial score (nSPS) is 18.9. The van der Waals surface area contributed by atoms with Gasteiger partial charge in [-0.1, -0.05) is 36.4 Å². The number of amides is 1. The van der Waals surface area contributed by atoms with Crippen LogP contribution in [-0.2, 0) is 6.54 Å². The van der Waals surface area contributed by atoms with Gasteiger partial charge in [0.1, 0.15) is 5.82 Å². The Bertz CT molecular complexity index is 674. The lowest BCUT2D eigenvalue weighted by Crippen LogP contribution is -2.53. The van der Waals surface area contributed by atoms with E-state index in [-0.39, 0.29) is 17.8 Å². The van der Waals surface area contributed by atoms with Crippen molar-refractivity contribution < 1.29 is 9.18 Å². The van der Waals surface area contributed by atoms with E-state index in [9.17, 15) is 9.18 Å². The summed E-state index contributed by atoms with van der Waals surface area (Å²) in [4.78, 5) is 16.7. The summed E-state index contributed by atoms with van der Waals surface area (Å²) in [6.45, 7) is 5.20. The number of carbonyl (C=O) groups is 1.